The fourth-order valence-corrected chi connectivity index (χ4v) is 2.58. The fourth-order valence-electron chi connectivity index (χ4n) is 2.19. The van der Waals surface area contributed by atoms with Crippen molar-refractivity contribution in [3.05, 3.63) is 68.8 Å². The number of aryl methyl sites for hydroxylation is 1. The third kappa shape index (κ3) is 2.16. The summed E-state index contributed by atoms with van der Waals surface area (Å²) in [5.74, 6) is -0.304. The molecule has 0 bridgehead atoms. The van der Waals surface area contributed by atoms with Gasteiger partial charge in [-0.05, 0) is 40.5 Å². The second-order valence-electron chi connectivity index (χ2n) is 4.57. The summed E-state index contributed by atoms with van der Waals surface area (Å²) in [7, 11) is 0. The van der Waals surface area contributed by atoms with Gasteiger partial charge in [-0.25, -0.2) is 9.37 Å². The first-order valence-electron chi connectivity index (χ1n) is 6.04. The van der Waals surface area contributed by atoms with E-state index < -0.39 is 0 Å². The van der Waals surface area contributed by atoms with Gasteiger partial charge >= 0.3 is 0 Å². The van der Waals surface area contributed by atoms with Crippen molar-refractivity contribution in [1.29, 1.82) is 0 Å². The van der Waals surface area contributed by atoms with Gasteiger partial charge in [-0.1, -0.05) is 12.1 Å². The van der Waals surface area contributed by atoms with Crippen LogP contribution in [0.25, 0.3) is 5.52 Å². The van der Waals surface area contributed by atoms with Crippen LogP contribution in [0.4, 0.5) is 4.39 Å². The van der Waals surface area contributed by atoms with Crippen molar-refractivity contribution in [2.45, 2.75) is 13.5 Å². The zero-order valence-electron chi connectivity index (χ0n) is 10.7. The van der Waals surface area contributed by atoms with E-state index in [1.54, 1.807) is 21.1 Å². The standard InChI is InChI=1S/C14H11BrFN3O/c1-9-7-19-12(6-17-14(19)15)13(20)18(9)8-10-3-2-4-11(16)5-10/h2-7H,8H2,1H3. The molecule has 0 saturated carbocycles. The highest BCUT2D eigenvalue weighted by Gasteiger charge is 2.10. The van der Waals surface area contributed by atoms with Gasteiger partial charge in [0, 0.05) is 11.9 Å². The van der Waals surface area contributed by atoms with Gasteiger partial charge in [0.1, 0.15) is 11.3 Å². The molecule has 3 aromatic rings. The monoisotopic (exact) mass is 335 g/mol. The molecule has 0 aliphatic heterocycles. The Hall–Kier alpha value is -1.95. The Kier molecular flexibility index (Phi) is 3.17. The number of nitrogens with zero attached hydrogens (tertiary/aromatic N) is 3. The number of fused-ring (bicyclic) bond motifs is 1. The van der Waals surface area contributed by atoms with E-state index >= 15 is 0 Å². The Labute approximate surface area is 122 Å². The van der Waals surface area contributed by atoms with Gasteiger partial charge in [0.15, 0.2) is 4.73 Å². The van der Waals surface area contributed by atoms with Crippen molar-refractivity contribution in [3.63, 3.8) is 0 Å². The Morgan fingerprint density at radius 2 is 2.20 bits per heavy atom. The van der Waals surface area contributed by atoms with Gasteiger partial charge in [0.2, 0.25) is 0 Å². The summed E-state index contributed by atoms with van der Waals surface area (Å²) in [6.07, 6.45) is 3.35. The van der Waals surface area contributed by atoms with Crippen LogP contribution in [0, 0.1) is 12.7 Å². The number of benzene rings is 1. The van der Waals surface area contributed by atoms with E-state index in [0.717, 1.165) is 11.3 Å². The molecule has 1 aromatic carbocycles. The molecule has 0 spiro atoms. The normalized spacial score (nSPS) is 11.2. The van der Waals surface area contributed by atoms with Crippen LogP contribution in [0.15, 0.2) is 46.2 Å². The molecule has 0 atom stereocenters. The summed E-state index contributed by atoms with van der Waals surface area (Å²) in [4.78, 5) is 16.5. The SMILES string of the molecule is Cc1cn2c(Br)ncc2c(=O)n1Cc1cccc(F)c1. The van der Waals surface area contributed by atoms with Gasteiger partial charge in [-0.15, -0.1) is 0 Å². The second-order valence-corrected chi connectivity index (χ2v) is 5.28. The first kappa shape index (κ1) is 13.1. The zero-order chi connectivity index (χ0) is 14.3. The van der Waals surface area contributed by atoms with Crippen molar-refractivity contribution in [2.75, 3.05) is 0 Å². The van der Waals surface area contributed by atoms with E-state index in [-0.39, 0.29) is 11.4 Å². The lowest BCUT2D eigenvalue weighted by Gasteiger charge is -2.11. The molecule has 0 radical (unpaired) electrons. The van der Waals surface area contributed by atoms with Crippen molar-refractivity contribution in [3.8, 4) is 0 Å². The van der Waals surface area contributed by atoms with E-state index in [0.29, 0.717) is 16.8 Å². The summed E-state index contributed by atoms with van der Waals surface area (Å²) >= 11 is 3.29. The molecular weight excluding hydrogens is 325 g/mol. The number of rotatable bonds is 2. The fraction of sp³-hybridized carbons (Fsp3) is 0.143. The number of hydrogen-bond donors (Lipinski definition) is 0. The topological polar surface area (TPSA) is 39.3 Å². The average Bonchev–Trinajstić information content (AvgIpc) is 2.77. The van der Waals surface area contributed by atoms with E-state index in [1.165, 1.54) is 18.3 Å². The van der Waals surface area contributed by atoms with Crippen LogP contribution >= 0.6 is 15.9 Å². The van der Waals surface area contributed by atoms with E-state index in [1.807, 2.05) is 13.1 Å². The Morgan fingerprint density at radius 1 is 1.40 bits per heavy atom. The number of aromatic nitrogens is 3. The highest BCUT2D eigenvalue weighted by molar-refractivity contribution is 9.10. The van der Waals surface area contributed by atoms with Crippen LogP contribution in [-0.4, -0.2) is 14.0 Å². The third-order valence-electron chi connectivity index (χ3n) is 3.19. The van der Waals surface area contributed by atoms with Crippen molar-refractivity contribution < 1.29 is 4.39 Å². The lowest BCUT2D eigenvalue weighted by molar-refractivity contribution is 0.621. The Bertz CT molecular complexity index is 853. The molecule has 2 aromatic heterocycles. The maximum Gasteiger partial charge on any atom is 0.277 e. The molecule has 2 heterocycles. The lowest BCUT2D eigenvalue weighted by atomic mass is 10.2. The predicted octanol–water partition coefficient (Wildman–Crippen LogP) is 2.75. The van der Waals surface area contributed by atoms with Gasteiger partial charge in [-0.2, -0.15) is 0 Å². The minimum Gasteiger partial charge on any atom is -0.305 e. The molecule has 0 N–H and O–H groups in total. The van der Waals surface area contributed by atoms with Gasteiger partial charge in [0.05, 0.1) is 12.7 Å². The van der Waals surface area contributed by atoms with E-state index in [9.17, 15) is 9.18 Å². The molecule has 0 unspecified atom stereocenters. The highest BCUT2D eigenvalue weighted by Crippen LogP contribution is 2.12. The van der Waals surface area contributed by atoms with Crippen LogP contribution in [0.2, 0.25) is 0 Å². The molecule has 0 fully saturated rings. The molecule has 6 heteroatoms. The first-order chi connectivity index (χ1) is 9.56. The largest absolute Gasteiger partial charge is 0.305 e. The molecule has 20 heavy (non-hydrogen) atoms. The number of hydrogen-bond acceptors (Lipinski definition) is 2. The van der Waals surface area contributed by atoms with Crippen LogP contribution in [-0.2, 0) is 6.54 Å². The molecule has 0 saturated heterocycles. The summed E-state index contributed by atoms with van der Waals surface area (Å²) in [5, 5.41) is 0. The van der Waals surface area contributed by atoms with Gasteiger partial charge in [0.25, 0.3) is 5.56 Å². The van der Waals surface area contributed by atoms with E-state index in [4.69, 9.17) is 0 Å². The predicted molar refractivity (Wildman–Crippen MR) is 77.4 cm³/mol. The molecule has 3 rings (SSSR count). The van der Waals surface area contributed by atoms with Crippen molar-refractivity contribution in [2.24, 2.45) is 0 Å². The zero-order valence-corrected chi connectivity index (χ0v) is 12.3. The minimum absolute atomic E-state index is 0.146. The maximum absolute atomic E-state index is 13.2. The summed E-state index contributed by atoms with van der Waals surface area (Å²) in [6, 6.07) is 6.25. The molecule has 0 aliphatic rings. The first-order valence-corrected chi connectivity index (χ1v) is 6.83. The van der Waals surface area contributed by atoms with Crippen LogP contribution in [0.5, 0.6) is 0 Å². The van der Waals surface area contributed by atoms with Crippen molar-refractivity contribution >= 4 is 21.4 Å². The molecule has 102 valence electrons. The molecule has 0 aliphatic carbocycles. The number of halogens is 2. The highest BCUT2D eigenvalue weighted by atomic mass is 79.9. The molecule has 4 nitrogen and oxygen atoms in total. The minimum atomic E-state index is -0.304. The Morgan fingerprint density at radius 3 is 2.95 bits per heavy atom. The number of imidazole rings is 1. The summed E-state index contributed by atoms with van der Waals surface area (Å²) in [6.45, 7) is 2.17. The van der Waals surface area contributed by atoms with Gasteiger partial charge in [-0.3, -0.25) is 9.20 Å². The van der Waals surface area contributed by atoms with Crippen LogP contribution in [0.1, 0.15) is 11.3 Å². The van der Waals surface area contributed by atoms with Crippen LogP contribution in [0.3, 0.4) is 0 Å². The quantitative estimate of drug-likeness (QED) is 0.722. The lowest BCUT2D eigenvalue weighted by Crippen LogP contribution is -2.24. The molecular formula is C14H11BrFN3O. The van der Waals surface area contributed by atoms with Crippen LogP contribution < -0.4 is 5.56 Å². The second kappa shape index (κ2) is 4.86. The third-order valence-corrected chi connectivity index (χ3v) is 3.77. The maximum atomic E-state index is 13.2. The van der Waals surface area contributed by atoms with E-state index in [2.05, 4.69) is 20.9 Å². The molecule has 0 amide bonds. The Balaban J connectivity index is 2.14. The summed E-state index contributed by atoms with van der Waals surface area (Å²) in [5.41, 5.74) is 1.87. The average molecular weight is 336 g/mol. The van der Waals surface area contributed by atoms with Gasteiger partial charge < -0.3 is 4.57 Å². The summed E-state index contributed by atoms with van der Waals surface area (Å²) < 4.78 is 17.1. The van der Waals surface area contributed by atoms with Crippen molar-refractivity contribution in [1.82, 2.24) is 14.0 Å². The smallest absolute Gasteiger partial charge is 0.277 e.